The molecule has 5 aliphatic rings. The average Bonchev–Trinajstić information content (AvgIpc) is 3.60. The Morgan fingerprint density at radius 3 is 2.37 bits per heavy atom. The zero-order valence-electron chi connectivity index (χ0n) is 26.4. The Bertz CT molecular complexity index is 2030. The highest BCUT2D eigenvalue weighted by Crippen LogP contribution is 2.52. The summed E-state index contributed by atoms with van der Waals surface area (Å²) in [6, 6.07) is 36.5. The summed E-state index contributed by atoms with van der Waals surface area (Å²) >= 11 is 0. The van der Waals surface area contributed by atoms with Crippen molar-refractivity contribution in [2.45, 2.75) is 51.0 Å². The molecular weight excluding hydrogens is 556 g/mol. The molecule has 0 radical (unpaired) electrons. The maximum Gasteiger partial charge on any atom is 0.0653 e. The molecule has 0 N–H and O–H groups in total. The van der Waals surface area contributed by atoms with E-state index in [1.807, 2.05) is 0 Å². The molecule has 4 aromatic carbocycles. The van der Waals surface area contributed by atoms with E-state index in [2.05, 4.69) is 156 Å². The van der Waals surface area contributed by atoms with Gasteiger partial charge in [-0.25, -0.2) is 0 Å². The first-order valence-electron chi connectivity index (χ1n) is 16.9. The number of hydrogen-bond donors (Lipinski definition) is 0. The molecule has 1 heterocycles. The van der Waals surface area contributed by atoms with Crippen LogP contribution in [0.1, 0.15) is 67.2 Å². The fourth-order valence-corrected chi connectivity index (χ4v) is 8.32. The van der Waals surface area contributed by atoms with Crippen LogP contribution in [0.15, 0.2) is 151 Å². The van der Waals surface area contributed by atoms with Gasteiger partial charge in [-0.2, -0.15) is 0 Å². The lowest BCUT2D eigenvalue weighted by Gasteiger charge is -2.35. The van der Waals surface area contributed by atoms with Crippen LogP contribution in [0, 0.1) is 0 Å². The van der Waals surface area contributed by atoms with E-state index in [1.54, 1.807) is 5.57 Å². The van der Waals surface area contributed by atoms with Crippen LogP contribution in [0.25, 0.3) is 16.7 Å². The minimum atomic E-state index is 0.220. The van der Waals surface area contributed by atoms with E-state index in [9.17, 15) is 0 Å². The molecule has 0 amide bonds. The Morgan fingerprint density at radius 1 is 0.717 bits per heavy atom. The first kappa shape index (κ1) is 27.2. The van der Waals surface area contributed by atoms with Crippen LogP contribution in [0.2, 0.25) is 0 Å². The topological polar surface area (TPSA) is 6.48 Å². The zero-order valence-corrected chi connectivity index (χ0v) is 26.4. The van der Waals surface area contributed by atoms with E-state index >= 15 is 0 Å². The fraction of sp³-hybridized carbons (Fsp3) is 0.182. The predicted octanol–water partition coefficient (Wildman–Crippen LogP) is 11.7. The SMILES string of the molecule is CC1C2=C(CCC=C2)c2ccc(N3c4ccccc4C4=CC=C(N(c5ccccc5)c5ccc(C6=CCCC=C6)cc5)CC43)cc21. The lowest BCUT2D eigenvalue weighted by Crippen LogP contribution is -2.32. The highest BCUT2D eigenvalue weighted by atomic mass is 15.2. The molecule has 4 aromatic rings. The van der Waals surface area contributed by atoms with Crippen molar-refractivity contribution < 1.29 is 0 Å². The van der Waals surface area contributed by atoms with Gasteiger partial charge < -0.3 is 9.80 Å². The number of hydrogen-bond acceptors (Lipinski definition) is 2. The summed E-state index contributed by atoms with van der Waals surface area (Å²) in [5, 5.41) is 0. The Hall–Kier alpha value is -5.08. The summed E-state index contributed by atoms with van der Waals surface area (Å²) in [6.45, 7) is 2.38. The third-order valence-electron chi connectivity index (χ3n) is 10.5. The third kappa shape index (κ3) is 4.39. The van der Waals surface area contributed by atoms with E-state index in [1.165, 1.54) is 67.4 Å². The van der Waals surface area contributed by atoms with Crippen LogP contribution >= 0.6 is 0 Å². The van der Waals surface area contributed by atoms with Crippen molar-refractivity contribution in [2.75, 3.05) is 9.80 Å². The van der Waals surface area contributed by atoms with Gasteiger partial charge in [0.1, 0.15) is 0 Å². The molecule has 2 heteroatoms. The minimum Gasteiger partial charge on any atom is -0.333 e. The maximum absolute atomic E-state index is 2.61. The van der Waals surface area contributed by atoms with Crippen molar-refractivity contribution in [3.05, 3.63) is 173 Å². The second kappa shape index (κ2) is 11.1. The maximum atomic E-state index is 2.61. The summed E-state index contributed by atoms with van der Waals surface area (Å²) in [5.74, 6) is 0.438. The quantitative estimate of drug-likeness (QED) is 0.227. The highest BCUT2D eigenvalue weighted by molar-refractivity contribution is 5.95. The number of fused-ring (bicyclic) bond motifs is 5. The normalized spacial score (nSPS) is 20.8. The Balaban J connectivity index is 1.11. The van der Waals surface area contributed by atoms with E-state index in [4.69, 9.17) is 0 Å². The molecular formula is C44H38N2. The largest absolute Gasteiger partial charge is 0.333 e. The van der Waals surface area contributed by atoms with Gasteiger partial charge in [0.05, 0.1) is 6.04 Å². The van der Waals surface area contributed by atoms with Crippen molar-refractivity contribution in [3.63, 3.8) is 0 Å². The molecule has 224 valence electrons. The lowest BCUT2D eigenvalue weighted by molar-refractivity contribution is 0.780. The molecule has 0 aromatic heterocycles. The second-order valence-corrected chi connectivity index (χ2v) is 13.1. The van der Waals surface area contributed by atoms with E-state index < -0.39 is 0 Å². The van der Waals surface area contributed by atoms with E-state index in [0.29, 0.717) is 5.92 Å². The van der Waals surface area contributed by atoms with E-state index in [-0.39, 0.29) is 6.04 Å². The molecule has 0 saturated carbocycles. The van der Waals surface area contributed by atoms with Gasteiger partial charge in [0.15, 0.2) is 0 Å². The summed E-state index contributed by atoms with van der Waals surface area (Å²) in [7, 11) is 0. The van der Waals surface area contributed by atoms with Gasteiger partial charge in [-0.3, -0.25) is 0 Å². The first-order valence-corrected chi connectivity index (χ1v) is 16.9. The Kier molecular flexibility index (Phi) is 6.56. The van der Waals surface area contributed by atoms with Crippen LogP contribution in [-0.2, 0) is 0 Å². The Labute approximate surface area is 272 Å². The fourth-order valence-electron chi connectivity index (χ4n) is 8.32. The zero-order chi connectivity index (χ0) is 30.6. The van der Waals surface area contributed by atoms with Crippen LogP contribution in [0.4, 0.5) is 22.7 Å². The lowest BCUT2D eigenvalue weighted by atomic mass is 9.92. The molecule has 1 aliphatic heterocycles. The number of anilines is 4. The molecule has 9 rings (SSSR count). The van der Waals surface area contributed by atoms with Crippen LogP contribution in [0.3, 0.4) is 0 Å². The predicted molar refractivity (Wildman–Crippen MR) is 195 cm³/mol. The van der Waals surface area contributed by atoms with Crippen molar-refractivity contribution in [1.29, 1.82) is 0 Å². The number of rotatable bonds is 5. The monoisotopic (exact) mass is 594 g/mol. The molecule has 0 bridgehead atoms. The number of allylic oxidation sites excluding steroid dienone is 10. The van der Waals surface area contributed by atoms with Crippen molar-refractivity contribution in [1.82, 2.24) is 0 Å². The molecule has 0 saturated heterocycles. The molecule has 2 nitrogen and oxygen atoms in total. The van der Waals surface area contributed by atoms with Gasteiger partial charge >= 0.3 is 0 Å². The Morgan fingerprint density at radius 2 is 1.52 bits per heavy atom. The van der Waals surface area contributed by atoms with Crippen molar-refractivity contribution in [3.8, 4) is 0 Å². The highest BCUT2D eigenvalue weighted by Gasteiger charge is 2.38. The molecule has 0 spiro atoms. The molecule has 2 unspecified atom stereocenters. The summed E-state index contributed by atoms with van der Waals surface area (Å²) < 4.78 is 0. The standard InChI is InChI=1S/C44H38N2/c1-30-37-16-8-9-17-38(37)39-26-24-35(28-42(30)39)46-43-19-11-10-18-40(43)41-27-25-36(29-44(41)46)45(33-14-6-3-7-15-33)34-22-20-32(21-23-34)31-12-4-2-5-13-31/h3-4,6-8,10-16,18-28,30,44H,2,5,9,17,29H2,1H3. The van der Waals surface area contributed by atoms with Gasteiger partial charge in [0.25, 0.3) is 0 Å². The van der Waals surface area contributed by atoms with Gasteiger partial charge in [-0.1, -0.05) is 98.0 Å². The summed E-state index contributed by atoms with van der Waals surface area (Å²) in [4.78, 5) is 5.07. The summed E-state index contributed by atoms with van der Waals surface area (Å²) in [5.41, 5.74) is 17.7. The second-order valence-electron chi connectivity index (χ2n) is 13.1. The number of benzene rings is 4. The summed E-state index contributed by atoms with van der Waals surface area (Å²) in [6.07, 6.45) is 21.8. The minimum absolute atomic E-state index is 0.220. The van der Waals surface area contributed by atoms with Gasteiger partial charge in [-0.05, 0) is 113 Å². The van der Waals surface area contributed by atoms with Crippen LogP contribution in [-0.4, -0.2) is 6.04 Å². The third-order valence-corrected chi connectivity index (χ3v) is 10.5. The van der Waals surface area contributed by atoms with Gasteiger partial charge in [-0.15, -0.1) is 0 Å². The molecule has 4 aliphatic carbocycles. The van der Waals surface area contributed by atoms with Gasteiger partial charge in [0, 0.05) is 46.3 Å². The van der Waals surface area contributed by atoms with Crippen LogP contribution < -0.4 is 9.80 Å². The number of nitrogens with zero attached hydrogens (tertiary/aromatic N) is 2. The molecule has 2 atom stereocenters. The van der Waals surface area contributed by atoms with Crippen molar-refractivity contribution in [2.24, 2.45) is 0 Å². The molecule has 46 heavy (non-hydrogen) atoms. The van der Waals surface area contributed by atoms with Crippen molar-refractivity contribution >= 4 is 39.5 Å². The van der Waals surface area contributed by atoms with Gasteiger partial charge in [0.2, 0.25) is 0 Å². The first-order chi connectivity index (χ1) is 22.7. The molecule has 0 fully saturated rings. The van der Waals surface area contributed by atoms with Crippen LogP contribution in [0.5, 0.6) is 0 Å². The average molecular weight is 595 g/mol. The number of para-hydroxylation sites is 2. The van der Waals surface area contributed by atoms with E-state index in [0.717, 1.165) is 32.1 Å². The smallest absolute Gasteiger partial charge is 0.0653 e.